The number of aliphatic imine (C=N–C) groups is 1. The monoisotopic (exact) mass is 387 g/mol. The van der Waals surface area contributed by atoms with E-state index in [1.54, 1.807) is 26.3 Å². The average Bonchev–Trinajstić information content (AvgIpc) is 2.65. The summed E-state index contributed by atoms with van der Waals surface area (Å²) in [5.41, 5.74) is 3.71. The number of hydrogen-bond donors (Lipinski definition) is 2. The highest BCUT2D eigenvalue weighted by Crippen LogP contribution is 2.21. The topological polar surface area (TPSA) is 54.9 Å². The van der Waals surface area contributed by atoms with Crippen LogP contribution in [0, 0.1) is 12.7 Å². The van der Waals surface area contributed by atoms with Crippen LogP contribution in [-0.4, -0.2) is 26.2 Å². The van der Waals surface area contributed by atoms with Crippen molar-refractivity contribution in [1.29, 1.82) is 0 Å². The maximum absolute atomic E-state index is 13.7. The second-order valence-corrected chi connectivity index (χ2v) is 6.92. The Morgan fingerprint density at radius 2 is 1.82 bits per heavy atom. The minimum absolute atomic E-state index is 0.109. The molecule has 0 atom stereocenters. The first-order chi connectivity index (χ1) is 13.4. The summed E-state index contributed by atoms with van der Waals surface area (Å²) in [6.07, 6.45) is 0.109. The van der Waals surface area contributed by atoms with Crippen LogP contribution in [0.4, 0.5) is 4.39 Å². The number of methoxy groups -OCH3 is 1. The van der Waals surface area contributed by atoms with Crippen LogP contribution in [0.1, 0.15) is 36.1 Å². The summed E-state index contributed by atoms with van der Waals surface area (Å²) in [6, 6.07) is 11.2. The van der Waals surface area contributed by atoms with Gasteiger partial charge < -0.3 is 20.1 Å². The molecule has 2 aromatic rings. The number of nitrogens with zero attached hydrogens (tertiary/aromatic N) is 1. The smallest absolute Gasteiger partial charge is 0.191 e. The molecule has 0 saturated heterocycles. The van der Waals surface area contributed by atoms with Crippen LogP contribution in [0.2, 0.25) is 0 Å². The highest BCUT2D eigenvalue weighted by Gasteiger charge is 2.08. The molecule has 152 valence electrons. The second-order valence-electron chi connectivity index (χ2n) is 6.92. The van der Waals surface area contributed by atoms with Gasteiger partial charge in [-0.2, -0.15) is 0 Å². The molecule has 0 aliphatic rings. The van der Waals surface area contributed by atoms with E-state index in [2.05, 4.69) is 27.8 Å². The number of rotatable bonds is 8. The summed E-state index contributed by atoms with van der Waals surface area (Å²) in [4.78, 5) is 4.26. The van der Waals surface area contributed by atoms with Gasteiger partial charge >= 0.3 is 0 Å². The van der Waals surface area contributed by atoms with Crippen LogP contribution in [-0.2, 0) is 24.4 Å². The minimum atomic E-state index is -0.259. The molecular weight excluding hydrogens is 357 g/mol. The highest BCUT2D eigenvalue weighted by atomic mass is 19.1. The molecule has 5 nitrogen and oxygen atoms in total. The summed E-state index contributed by atoms with van der Waals surface area (Å²) >= 11 is 0. The number of ether oxygens (including phenoxy) is 2. The van der Waals surface area contributed by atoms with Crippen molar-refractivity contribution in [2.45, 2.75) is 46.6 Å². The fraction of sp³-hybridized carbons (Fsp3) is 0.409. The molecule has 2 rings (SSSR count). The van der Waals surface area contributed by atoms with Crippen LogP contribution in [0.3, 0.4) is 0 Å². The maximum atomic E-state index is 13.7. The molecule has 28 heavy (non-hydrogen) atoms. The molecule has 0 bridgehead atoms. The molecule has 0 fully saturated rings. The molecule has 2 N–H and O–H groups in total. The molecule has 0 heterocycles. The van der Waals surface area contributed by atoms with E-state index in [9.17, 15) is 4.39 Å². The number of halogens is 1. The van der Waals surface area contributed by atoms with Crippen molar-refractivity contribution >= 4 is 5.96 Å². The summed E-state index contributed by atoms with van der Waals surface area (Å²) in [5.74, 6) is 1.28. The van der Waals surface area contributed by atoms with Gasteiger partial charge in [0.2, 0.25) is 0 Å². The maximum Gasteiger partial charge on any atom is 0.191 e. The molecular formula is C22H30FN3O2. The van der Waals surface area contributed by atoms with Crippen LogP contribution < -0.4 is 15.4 Å². The van der Waals surface area contributed by atoms with Gasteiger partial charge in [-0.15, -0.1) is 0 Å². The number of nitrogens with one attached hydrogen (secondary N) is 2. The van der Waals surface area contributed by atoms with Crippen molar-refractivity contribution in [3.05, 3.63) is 64.5 Å². The Balaban J connectivity index is 1.98. The Kier molecular flexibility index (Phi) is 8.26. The Labute approximate surface area is 167 Å². The van der Waals surface area contributed by atoms with Crippen molar-refractivity contribution in [3.8, 4) is 5.75 Å². The number of benzene rings is 2. The zero-order valence-electron chi connectivity index (χ0n) is 17.3. The summed E-state index contributed by atoms with van der Waals surface area (Å²) in [6.45, 7) is 7.44. The zero-order chi connectivity index (χ0) is 20.5. The summed E-state index contributed by atoms with van der Waals surface area (Å²) in [7, 11) is 3.27. The largest absolute Gasteiger partial charge is 0.491 e. The number of aryl methyl sites for hydroxylation is 1. The Bertz CT molecular complexity index is 806. The number of guanidine groups is 1. The van der Waals surface area contributed by atoms with Crippen molar-refractivity contribution in [2.24, 2.45) is 4.99 Å². The van der Waals surface area contributed by atoms with E-state index in [1.165, 1.54) is 6.07 Å². The highest BCUT2D eigenvalue weighted by molar-refractivity contribution is 5.79. The predicted octanol–water partition coefficient (Wildman–Crippen LogP) is 3.93. The lowest BCUT2D eigenvalue weighted by molar-refractivity contribution is 0.181. The standard InChI is InChI=1S/C22H30FN3O2/c1-15(2)28-21-10-16(3)6-8-18(21)13-26-22(24-4)25-12-17-7-9-20(23)19(11-17)14-27-5/h6-11,15H,12-14H2,1-5H3,(H2,24,25,26). The lowest BCUT2D eigenvalue weighted by Gasteiger charge is -2.17. The zero-order valence-corrected chi connectivity index (χ0v) is 17.3. The third kappa shape index (κ3) is 6.53. The van der Waals surface area contributed by atoms with E-state index in [0.29, 0.717) is 24.6 Å². The van der Waals surface area contributed by atoms with Crippen LogP contribution in [0.5, 0.6) is 5.75 Å². The lowest BCUT2D eigenvalue weighted by Crippen LogP contribution is -2.36. The second kappa shape index (κ2) is 10.7. The predicted molar refractivity (Wildman–Crippen MR) is 111 cm³/mol. The third-order valence-corrected chi connectivity index (χ3v) is 4.13. The molecule has 0 aliphatic heterocycles. The Morgan fingerprint density at radius 3 is 2.50 bits per heavy atom. The van der Waals surface area contributed by atoms with Gasteiger partial charge in [0.1, 0.15) is 11.6 Å². The van der Waals surface area contributed by atoms with Crippen LogP contribution in [0.25, 0.3) is 0 Å². The van der Waals surface area contributed by atoms with Crippen LogP contribution >= 0.6 is 0 Å². The van der Waals surface area contributed by atoms with Gasteiger partial charge in [-0.1, -0.05) is 18.2 Å². The van der Waals surface area contributed by atoms with E-state index in [-0.39, 0.29) is 18.5 Å². The van der Waals surface area contributed by atoms with E-state index in [1.807, 2.05) is 26.8 Å². The SMILES string of the molecule is CN=C(NCc1ccc(F)c(COC)c1)NCc1ccc(C)cc1OC(C)C. The fourth-order valence-corrected chi connectivity index (χ4v) is 2.76. The molecule has 0 aliphatic carbocycles. The Morgan fingerprint density at radius 1 is 1.07 bits per heavy atom. The molecule has 0 radical (unpaired) electrons. The van der Waals surface area contributed by atoms with Gasteiger partial charge in [-0.05, 0) is 50.1 Å². The van der Waals surface area contributed by atoms with Crippen molar-refractivity contribution in [3.63, 3.8) is 0 Å². The van der Waals surface area contributed by atoms with Crippen LogP contribution in [0.15, 0.2) is 41.4 Å². The molecule has 0 aromatic heterocycles. The average molecular weight is 387 g/mol. The van der Waals surface area contributed by atoms with Crippen molar-refractivity contribution in [2.75, 3.05) is 14.2 Å². The van der Waals surface area contributed by atoms with Gasteiger partial charge in [0.15, 0.2) is 5.96 Å². The van der Waals surface area contributed by atoms with Gasteiger partial charge in [0.25, 0.3) is 0 Å². The molecule has 6 heteroatoms. The normalized spacial score (nSPS) is 11.6. The molecule has 2 aromatic carbocycles. The quantitative estimate of drug-likeness (QED) is 0.532. The molecule has 0 unspecified atom stereocenters. The molecule has 0 spiro atoms. The van der Waals surface area contributed by atoms with Gasteiger partial charge in [0.05, 0.1) is 12.7 Å². The fourth-order valence-electron chi connectivity index (χ4n) is 2.76. The summed E-state index contributed by atoms with van der Waals surface area (Å²) < 4.78 is 24.7. The van der Waals surface area contributed by atoms with E-state index < -0.39 is 0 Å². The van der Waals surface area contributed by atoms with E-state index >= 15 is 0 Å². The summed E-state index contributed by atoms with van der Waals surface area (Å²) in [5, 5.41) is 6.55. The van der Waals surface area contributed by atoms with Gasteiger partial charge in [0, 0.05) is 38.4 Å². The third-order valence-electron chi connectivity index (χ3n) is 4.13. The molecule has 0 saturated carbocycles. The van der Waals surface area contributed by atoms with Crippen molar-refractivity contribution < 1.29 is 13.9 Å². The van der Waals surface area contributed by atoms with E-state index in [4.69, 9.17) is 9.47 Å². The van der Waals surface area contributed by atoms with E-state index in [0.717, 1.165) is 22.4 Å². The Hall–Kier alpha value is -2.60. The minimum Gasteiger partial charge on any atom is -0.491 e. The first kappa shape index (κ1) is 21.7. The van der Waals surface area contributed by atoms with Gasteiger partial charge in [-0.3, -0.25) is 4.99 Å². The lowest BCUT2D eigenvalue weighted by atomic mass is 10.1. The number of hydrogen-bond acceptors (Lipinski definition) is 3. The first-order valence-corrected chi connectivity index (χ1v) is 9.40. The van der Waals surface area contributed by atoms with Gasteiger partial charge in [-0.25, -0.2) is 4.39 Å². The first-order valence-electron chi connectivity index (χ1n) is 9.40. The van der Waals surface area contributed by atoms with Crippen molar-refractivity contribution in [1.82, 2.24) is 10.6 Å². The molecule has 0 amide bonds.